The van der Waals surface area contributed by atoms with Gasteiger partial charge in [-0.15, -0.1) is 0 Å². The quantitative estimate of drug-likeness (QED) is 0.535. The molecule has 1 aromatic rings. The molecule has 1 aromatic heterocycles. The second-order valence-corrected chi connectivity index (χ2v) is 2.74. The van der Waals surface area contributed by atoms with E-state index in [0.717, 1.165) is 0 Å². The van der Waals surface area contributed by atoms with Crippen LogP contribution in [0.4, 0.5) is 11.5 Å². The summed E-state index contributed by atoms with van der Waals surface area (Å²) >= 11 is 2.61. The van der Waals surface area contributed by atoms with Crippen molar-refractivity contribution in [2.45, 2.75) is 0 Å². The van der Waals surface area contributed by atoms with Crippen LogP contribution < -0.4 is 16.1 Å². The van der Waals surface area contributed by atoms with Crippen molar-refractivity contribution < 1.29 is 0 Å². The zero-order valence-corrected chi connectivity index (χ0v) is 7.25. The van der Waals surface area contributed by atoms with Crippen LogP contribution in [-0.2, 0) is 0 Å². The molecule has 4 nitrogen and oxygen atoms in total. The van der Waals surface area contributed by atoms with Gasteiger partial charge in [-0.05, 0) is 0 Å². The van der Waals surface area contributed by atoms with Crippen molar-refractivity contribution in [3.8, 4) is 6.07 Å². The third-order valence-electron chi connectivity index (χ3n) is 1.15. The summed E-state index contributed by atoms with van der Waals surface area (Å²) in [4.78, 5) is 3.82. The molecule has 0 amide bonds. The van der Waals surface area contributed by atoms with Crippen molar-refractivity contribution in [2.24, 2.45) is 0 Å². The fourth-order valence-corrected chi connectivity index (χ4v) is 1.24. The predicted molar refractivity (Wildman–Crippen MR) is 43.2 cm³/mol. The van der Waals surface area contributed by atoms with E-state index in [1.165, 1.54) is 6.07 Å². The Bertz CT molecular complexity index is 305. The van der Waals surface area contributed by atoms with E-state index in [9.17, 15) is 0 Å². The maximum atomic E-state index is 8.56. The Balaban J connectivity index is 3.40. The molecule has 4 N–H and O–H groups in total. The van der Waals surface area contributed by atoms with Crippen LogP contribution in [0.25, 0.3) is 0 Å². The van der Waals surface area contributed by atoms with Gasteiger partial charge in [0.25, 0.3) is 0 Å². The fourth-order valence-electron chi connectivity index (χ4n) is 0.673. The van der Waals surface area contributed by atoms with Gasteiger partial charge in [0.1, 0.15) is 0 Å². The van der Waals surface area contributed by atoms with Crippen molar-refractivity contribution in [3.05, 3.63) is 11.6 Å². The van der Waals surface area contributed by atoms with E-state index in [2.05, 4.69) is 21.0 Å². The fraction of sp³-hybridized carbons (Fsp3) is 0. The monoisotopic (exact) mass is 213 g/mol. The molecule has 0 aliphatic heterocycles. The van der Waals surface area contributed by atoms with E-state index in [1.807, 2.05) is 6.07 Å². The number of rotatable bonds is 0. The van der Waals surface area contributed by atoms with E-state index >= 15 is 0 Å². The van der Waals surface area contributed by atoms with Crippen LogP contribution >= 0.6 is 0 Å². The van der Waals surface area contributed by atoms with Crippen molar-refractivity contribution in [3.63, 3.8) is 0 Å². The molecule has 5 heteroatoms. The Morgan fingerprint density at radius 2 is 2.18 bits per heavy atom. The number of hydrogen-bond donors (Lipinski definition) is 2. The van der Waals surface area contributed by atoms with Crippen molar-refractivity contribution in [1.29, 1.82) is 5.26 Å². The average molecular weight is 212 g/mol. The molecule has 0 spiro atoms. The molecule has 0 aliphatic carbocycles. The molecule has 11 heavy (non-hydrogen) atoms. The van der Waals surface area contributed by atoms with Crippen LogP contribution in [0.1, 0.15) is 5.56 Å². The molecule has 1 rings (SSSR count). The number of aromatic nitrogens is 1. The van der Waals surface area contributed by atoms with Crippen LogP contribution in [0.5, 0.6) is 0 Å². The summed E-state index contributed by atoms with van der Waals surface area (Å²) in [5, 5.41) is 8.56. The molecule has 0 unspecified atom stereocenters. The number of nitriles is 1. The SMILES string of the molecule is N#Cc1c(N)cc(N)nc1[Se]. The summed E-state index contributed by atoms with van der Waals surface area (Å²) in [6.45, 7) is 0. The number of nitrogen functional groups attached to an aromatic ring is 2. The van der Waals surface area contributed by atoms with Crippen molar-refractivity contribution >= 4 is 32.1 Å². The third kappa shape index (κ3) is 1.42. The number of pyridine rings is 1. The first-order valence-electron chi connectivity index (χ1n) is 2.78. The summed E-state index contributed by atoms with van der Waals surface area (Å²) < 4.78 is 0.449. The summed E-state index contributed by atoms with van der Waals surface area (Å²) in [7, 11) is 0. The first-order chi connectivity index (χ1) is 5.15. The van der Waals surface area contributed by atoms with Gasteiger partial charge in [-0.2, -0.15) is 0 Å². The molecule has 0 atom stereocenters. The molecule has 1 radical (unpaired) electrons. The van der Waals surface area contributed by atoms with Gasteiger partial charge in [0.15, 0.2) is 0 Å². The van der Waals surface area contributed by atoms with Crippen LogP contribution in [0, 0.1) is 11.3 Å². The predicted octanol–water partition coefficient (Wildman–Crippen LogP) is -1.09. The minimum atomic E-state index is 0.315. The number of anilines is 2. The Kier molecular flexibility index (Phi) is 1.99. The van der Waals surface area contributed by atoms with Crippen LogP contribution in [0.15, 0.2) is 6.07 Å². The van der Waals surface area contributed by atoms with Gasteiger partial charge in [0.05, 0.1) is 0 Å². The Morgan fingerprint density at radius 3 is 2.64 bits per heavy atom. The standard InChI is InChI=1S/C6H5N4Se/c7-2-3-4(8)1-5(9)10-6(3)11/h1H,(H4,8,9,10). The third-order valence-corrected chi connectivity index (χ3v) is 1.77. The molecular formula is C6H5N4Se. The van der Waals surface area contributed by atoms with Gasteiger partial charge in [-0.25, -0.2) is 0 Å². The average Bonchev–Trinajstić information content (AvgIpc) is 1.85. The number of nitrogens with zero attached hydrogens (tertiary/aromatic N) is 2. The van der Waals surface area contributed by atoms with E-state index in [0.29, 0.717) is 21.7 Å². The Hall–Kier alpha value is -1.24. The maximum absolute atomic E-state index is 8.56. The molecule has 1 heterocycles. The molecule has 0 aromatic carbocycles. The molecular weight excluding hydrogens is 207 g/mol. The first kappa shape index (κ1) is 7.86. The van der Waals surface area contributed by atoms with Gasteiger partial charge in [-0.1, -0.05) is 0 Å². The summed E-state index contributed by atoms with van der Waals surface area (Å²) in [5.74, 6) is 0.315. The summed E-state index contributed by atoms with van der Waals surface area (Å²) in [5.41, 5.74) is 11.5. The number of hydrogen-bond acceptors (Lipinski definition) is 4. The topological polar surface area (TPSA) is 88.7 Å². The first-order valence-corrected chi connectivity index (χ1v) is 3.64. The molecule has 0 aliphatic rings. The van der Waals surface area contributed by atoms with E-state index in [1.54, 1.807) is 0 Å². The Morgan fingerprint density at radius 1 is 1.55 bits per heavy atom. The van der Waals surface area contributed by atoms with Gasteiger partial charge in [0.2, 0.25) is 0 Å². The van der Waals surface area contributed by atoms with Crippen LogP contribution in [0.2, 0.25) is 0 Å². The zero-order valence-electron chi connectivity index (χ0n) is 5.53. The normalized spacial score (nSPS) is 9.00. The van der Waals surface area contributed by atoms with E-state index < -0.39 is 0 Å². The van der Waals surface area contributed by atoms with Crippen LogP contribution in [-0.4, -0.2) is 21.0 Å². The van der Waals surface area contributed by atoms with Crippen LogP contribution in [0.3, 0.4) is 0 Å². The zero-order chi connectivity index (χ0) is 8.43. The molecule has 0 fully saturated rings. The van der Waals surface area contributed by atoms with Gasteiger partial charge in [0, 0.05) is 0 Å². The van der Waals surface area contributed by atoms with Crippen molar-refractivity contribution in [1.82, 2.24) is 4.98 Å². The Labute approximate surface area is 72.0 Å². The van der Waals surface area contributed by atoms with Gasteiger partial charge < -0.3 is 0 Å². The molecule has 55 valence electrons. The second-order valence-electron chi connectivity index (χ2n) is 1.93. The second kappa shape index (κ2) is 2.79. The summed E-state index contributed by atoms with van der Waals surface area (Å²) in [6.07, 6.45) is 0. The van der Waals surface area contributed by atoms with Gasteiger partial charge in [-0.3, -0.25) is 0 Å². The molecule has 0 saturated carbocycles. The number of nitrogens with two attached hydrogens (primary N) is 2. The van der Waals surface area contributed by atoms with E-state index in [-0.39, 0.29) is 0 Å². The molecule has 0 bridgehead atoms. The molecule has 0 saturated heterocycles. The van der Waals surface area contributed by atoms with Crippen molar-refractivity contribution in [2.75, 3.05) is 11.5 Å². The van der Waals surface area contributed by atoms with E-state index in [4.69, 9.17) is 16.7 Å². The van der Waals surface area contributed by atoms with Gasteiger partial charge >= 0.3 is 71.5 Å². The minimum absolute atomic E-state index is 0.315. The summed E-state index contributed by atoms with van der Waals surface area (Å²) in [6, 6.07) is 3.37.